The maximum atomic E-state index is 4.04. The van der Waals surface area contributed by atoms with Crippen LogP contribution in [-0.4, -0.2) is 0 Å². The lowest BCUT2D eigenvalue weighted by Crippen LogP contribution is -2.03. The molecule has 0 aromatic carbocycles. The molecule has 0 aliphatic carbocycles. The van der Waals surface area contributed by atoms with Gasteiger partial charge in [-0.25, -0.2) is 0 Å². The maximum Gasteiger partial charge on any atom is 0.0530 e. The Hall–Kier alpha value is -1.18. The molecule has 2 heteroatoms. The number of hydrogen-bond acceptors (Lipinski definition) is 2. The van der Waals surface area contributed by atoms with Gasteiger partial charge in [0.05, 0.1) is 6.20 Å². The molecule has 0 radical (unpaired) electrons. The third-order valence-corrected chi connectivity index (χ3v) is 3.87. The van der Waals surface area contributed by atoms with Crippen LogP contribution in [0, 0.1) is 5.92 Å². The Kier molecular flexibility index (Phi) is 14.4. The highest BCUT2D eigenvalue weighted by molar-refractivity contribution is 5.18. The molecular weight excluding hydrogens is 256 g/mol. The van der Waals surface area contributed by atoms with Crippen molar-refractivity contribution in [1.29, 1.82) is 0 Å². The van der Waals surface area contributed by atoms with E-state index in [2.05, 4.69) is 37.2 Å². The van der Waals surface area contributed by atoms with Gasteiger partial charge < -0.3 is 0 Å². The van der Waals surface area contributed by atoms with Crippen LogP contribution < -0.4 is 0 Å². The van der Waals surface area contributed by atoms with E-state index in [1.54, 1.807) is 0 Å². The zero-order valence-corrected chi connectivity index (χ0v) is 14.2. The summed E-state index contributed by atoms with van der Waals surface area (Å²) in [6, 6.07) is 0. The third-order valence-electron chi connectivity index (χ3n) is 3.87. The zero-order valence-electron chi connectivity index (χ0n) is 14.2. The molecule has 0 aliphatic heterocycles. The molecule has 0 N–H and O–H groups in total. The smallest absolute Gasteiger partial charge is 0.0530 e. The lowest BCUT2D eigenvalue weighted by atomic mass is 9.88. The number of nitrogens with zero attached hydrogens (tertiary/aromatic N) is 2. The fraction of sp³-hybridized carbons (Fsp3) is 0.684. The van der Waals surface area contributed by atoms with Gasteiger partial charge in [0.1, 0.15) is 0 Å². The van der Waals surface area contributed by atoms with E-state index < -0.39 is 0 Å². The van der Waals surface area contributed by atoms with Crippen LogP contribution in [0.25, 0.3) is 0 Å². The minimum Gasteiger partial charge on any atom is -0.160 e. The number of allylic oxidation sites excluding steroid dienone is 2. The van der Waals surface area contributed by atoms with E-state index in [9.17, 15) is 0 Å². The Morgan fingerprint density at radius 1 is 0.857 bits per heavy atom. The molecule has 0 rings (SSSR count). The number of unbranched alkanes of at least 4 members (excludes halogenated alkanes) is 6. The summed E-state index contributed by atoms with van der Waals surface area (Å²) in [5.41, 5.74) is 1.23. The van der Waals surface area contributed by atoms with Crippen LogP contribution >= 0.6 is 0 Å². The first-order valence-electron chi connectivity index (χ1n) is 8.63. The molecular formula is C19H34N2. The first kappa shape index (κ1) is 19.8. The Morgan fingerprint density at radius 3 is 1.86 bits per heavy atom. The first-order chi connectivity index (χ1) is 10.3. The van der Waals surface area contributed by atoms with Gasteiger partial charge in [0.2, 0.25) is 0 Å². The highest BCUT2D eigenvalue weighted by Gasteiger charge is 2.11. The highest BCUT2D eigenvalue weighted by Crippen LogP contribution is 2.26. The van der Waals surface area contributed by atoms with Gasteiger partial charge in [-0.2, -0.15) is 10.2 Å². The van der Waals surface area contributed by atoms with Crippen LogP contribution in [0.4, 0.5) is 0 Å². The fourth-order valence-electron chi connectivity index (χ4n) is 2.58. The van der Waals surface area contributed by atoms with Crippen molar-refractivity contribution in [2.24, 2.45) is 16.1 Å². The Labute approximate surface area is 132 Å². The SMILES string of the molecule is C=CN=N/C=C(\C=C)C(CCCCCC)CCCCCC. The zero-order chi connectivity index (χ0) is 15.8. The molecule has 0 aromatic rings. The number of azo groups is 1. The van der Waals surface area contributed by atoms with Gasteiger partial charge in [-0.05, 0) is 24.3 Å². The van der Waals surface area contributed by atoms with Crippen molar-refractivity contribution in [3.8, 4) is 0 Å². The van der Waals surface area contributed by atoms with Gasteiger partial charge in [0, 0.05) is 6.20 Å². The second-order valence-electron chi connectivity index (χ2n) is 5.64. The van der Waals surface area contributed by atoms with Gasteiger partial charge >= 0.3 is 0 Å². The van der Waals surface area contributed by atoms with Crippen molar-refractivity contribution < 1.29 is 0 Å². The van der Waals surface area contributed by atoms with Gasteiger partial charge in [0.15, 0.2) is 0 Å². The molecule has 0 heterocycles. The standard InChI is InChI=1S/C19H34N2/c1-5-9-11-13-15-19(16-14-12-10-6-2)18(7-3)17-21-20-8-4/h7-8,17,19H,3-6,9-16H2,1-2H3/b18-17+,21-20?. The van der Waals surface area contributed by atoms with E-state index in [4.69, 9.17) is 0 Å². The molecule has 0 saturated carbocycles. The molecule has 0 atom stereocenters. The van der Waals surface area contributed by atoms with Crippen LogP contribution in [-0.2, 0) is 0 Å². The molecule has 21 heavy (non-hydrogen) atoms. The van der Waals surface area contributed by atoms with Crippen LogP contribution in [0.5, 0.6) is 0 Å². The summed E-state index contributed by atoms with van der Waals surface area (Å²) in [6.45, 7) is 12.0. The Morgan fingerprint density at radius 2 is 1.43 bits per heavy atom. The van der Waals surface area contributed by atoms with Crippen molar-refractivity contribution in [3.05, 3.63) is 37.2 Å². The molecule has 0 aliphatic rings. The van der Waals surface area contributed by atoms with E-state index in [-0.39, 0.29) is 0 Å². The van der Waals surface area contributed by atoms with Crippen molar-refractivity contribution in [2.75, 3.05) is 0 Å². The normalized spacial score (nSPS) is 12.2. The predicted molar refractivity (Wildman–Crippen MR) is 94.3 cm³/mol. The summed E-state index contributed by atoms with van der Waals surface area (Å²) in [4.78, 5) is 0. The monoisotopic (exact) mass is 290 g/mol. The lowest BCUT2D eigenvalue weighted by Gasteiger charge is -2.17. The first-order valence-corrected chi connectivity index (χ1v) is 8.63. The molecule has 0 aromatic heterocycles. The van der Waals surface area contributed by atoms with Crippen LogP contribution in [0.1, 0.15) is 78.1 Å². The second kappa shape index (κ2) is 15.2. The van der Waals surface area contributed by atoms with Gasteiger partial charge in [-0.3, -0.25) is 0 Å². The summed E-state index contributed by atoms with van der Waals surface area (Å²) in [5, 5.41) is 7.87. The van der Waals surface area contributed by atoms with Gasteiger partial charge in [0.25, 0.3) is 0 Å². The molecule has 0 bridgehead atoms. The van der Waals surface area contributed by atoms with Crippen molar-refractivity contribution >= 4 is 0 Å². The Bertz CT molecular complexity index is 304. The van der Waals surface area contributed by atoms with Gasteiger partial charge in [-0.15, -0.1) is 0 Å². The average Bonchev–Trinajstić information content (AvgIpc) is 2.50. The van der Waals surface area contributed by atoms with E-state index in [0.29, 0.717) is 5.92 Å². The predicted octanol–water partition coefficient (Wildman–Crippen LogP) is 7.21. The minimum atomic E-state index is 0.583. The largest absolute Gasteiger partial charge is 0.160 e. The van der Waals surface area contributed by atoms with E-state index in [0.717, 1.165) is 0 Å². The molecule has 0 unspecified atom stereocenters. The summed E-state index contributed by atoms with van der Waals surface area (Å²) in [6.07, 6.45) is 18.3. The minimum absolute atomic E-state index is 0.583. The van der Waals surface area contributed by atoms with Crippen LogP contribution in [0.15, 0.2) is 47.4 Å². The molecule has 0 spiro atoms. The Balaban J connectivity index is 4.49. The van der Waals surface area contributed by atoms with E-state index in [1.807, 2.05) is 12.3 Å². The third kappa shape index (κ3) is 11.2. The van der Waals surface area contributed by atoms with Crippen molar-refractivity contribution in [1.82, 2.24) is 0 Å². The maximum absolute atomic E-state index is 4.04. The molecule has 120 valence electrons. The number of hydrogen-bond donors (Lipinski definition) is 0. The lowest BCUT2D eigenvalue weighted by molar-refractivity contribution is 0.460. The second-order valence-corrected chi connectivity index (χ2v) is 5.64. The highest BCUT2D eigenvalue weighted by atomic mass is 15.1. The van der Waals surface area contributed by atoms with Crippen molar-refractivity contribution in [3.63, 3.8) is 0 Å². The topological polar surface area (TPSA) is 24.7 Å². The summed E-state index contributed by atoms with van der Waals surface area (Å²) >= 11 is 0. The number of rotatable bonds is 14. The quantitative estimate of drug-likeness (QED) is 0.183. The summed E-state index contributed by atoms with van der Waals surface area (Å²) in [5.74, 6) is 0.583. The summed E-state index contributed by atoms with van der Waals surface area (Å²) < 4.78 is 0. The van der Waals surface area contributed by atoms with E-state index in [1.165, 1.54) is 76.0 Å². The molecule has 0 amide bonds. The van der Waals surface area contributed by atoms with Crippen molar-refractivity contribution in [2.45, 2.75) is 78.1 Å². The van der Waals surface area contributed by atoms with Gasteiger partial charge in [-0.1, -0.05) is 84.4 Å². The van der Waals surface area contributed by atoms with Crippen LogP contribution in [0.3, 0.4) is 0 Å². The molecule has 0 fully saturated rings. The summed E-state index contributed by atoms with van der Waals surface area (Å²) in [7, 11) is 0. The average molecular weight is 290 g/mol. The molecule has 2 nitrogen and oxygen atoms in total. The molecule has 0 saturated heterocycles. The van der Waals surface area contributed by atoms with Crippen LogP contribution in [0.2, 0.25) is 0 Å². The van der Waals surface area contributed by atoms with E-state index >= 15 is 0 Å². The fourth-order valence-corrected chi connectivity index (χ4v) is 2.58.